The van der Waals surface area contributed by atoms with Crippen molar-refractivity contribution in [1.29, 1.82) is 0 Å². The van der Waals surface area contributed by atoms with Crippen LogP contribution >= 0.6 is 12.2 Å². The monoisotopic (exact) mass is 388 g/mol. The minimum Gasteiger partial charge on any atom is -0.484 e. The molecule has 2 aromatic carbocycles. The molecule has 0 saturated heterocycles. The quantitative estimate of drug-likeness (QED) is 0.452. The molecule has 0 atom stereocenters. The smallest absolute Gasteiger partial charge is 0.259 e. The lowest BCUT2D eigenvalue weighted by molar-refractivity contribution is -0.130. The van der Waals surface area contributed by atoms with Gasteiger partial charge in [-0.2, -0.15) is 5.10 Å². The van der Waals surface area contributed by atoms with Crippen molar-refractivity contribution in [3.8, 4) is 5.75 Å². The highest BCUT2D eigenvalue weighted by Gasteiger charge is 2.06. The fourth-order valence-corrected chi connectivity index (χ4v) is 2.13. The average molecular weight is 388 g/mol. The molecule has 2 rings (SSSR count). The number of rotatable bonds is 6. The summed E-state index contributed by atoms with van der Waals surface area (Å²) in [4.78, 5) is 13.0. The van der Waals surface area contributed by atoms with Crippen LogP contribution in [0.25, 0.3) is 0 Å². The number of halogens is 1. The third-order valence-electron chi connectivity index (χ3n) is 3.58. The normalized spacial score (nSPS) is 10.9. The molecule has 2 N–H and O–H groups in total. The SMILES string of the molecule is C/C(=N/NC(=S)Nc1ccccc1F)c1ccc(OCC(=O)N(C)C)cc1. The Kier molecular flexibility index (Phi) is 7.25. The van der Waals surface area contributed by atoms with Gasteiger partial charge in [-0.1, -0.05) is 12.1 Å². The molecule has 2 aromatic rings. The van der Waals surface area contributed by atoms with E-state index in [1.165, 1.54) is 11.0 Å². The number of hydrogen-bond acceptors (Lipinski definition) is 4. The van der Waals surface area contributed by atoms with Crippen molar-refractivity contribution in [3.63, 3.8) is 0 Å². The van der Waals surface area contributed by atoms with Crippen LogP contribution in [0.4, 0.5) is 10.1 Å². The zero-order chi connectivity index (χ0) is 19.8. The van der Waals surface area contributed by atoms with Gasteiger partial charge in [0.2, 0.25) is 0 Å². The van der Waals surface area contributed by atoms with E-state index in [2.05, 4.69) is 15.8 Å². The zero-order valence-electron chi connectivity index (χ0n) is 15.3. The molecule has 0 heterocycles. The molecule has 0 unspecified atom stereocenters. The number of carbonyl (C=O) groups is 1. The highest BCUT2D eigenvalue weighted by Crippen LogP contribution is 2.14. The molecule has 8 heteroatoms. The Labute approximate surface area is 163 Å². The van der Waals surface area contributed by atoms with Gasteiger partial charge in [0.25, 0.3) is 5.91 Å². The van der Waals surface area contributed by atoms with Gasteiger partial charge >= 0.3 is 0 Å². The fraction of sp³-hybridized carbons (Fsp3) is 0.211. The van der Waals surface area contributed by atoms with Gasteiger partial charge in [0.05, 0.1) is 11.4 Å². The summed E-state index contributed by atoms with van der Waals surface area (Å²) < 4.78 is 19.0. The molecule has 6 nitrogen and oxygen atoms in total. The van der Waals surface area contributed by atoms with E-state index in [9.17, 15) is 9.18 Å². The summed E-state index contributed by atoms with van der Waals surface area (Å²) in [6, 6.07) is 13.4. The Morgan fingerprint density at radius 1 is 1.19 bits per heavy atom. The van der Waals surface area contributed by atoms with Crippen LogP contribution in [-0.4, -0.2) is 42.3 Å². The number of anilines is 1. The second-order valence-electron chi connectivity index (χ2n) is 5.84. The van der Waals surface area contributed by atoms with E-state index < -0.39 is 5.82 Å². The summed E-state index contributed by atoms with van der Waals surface area (Å²) in [5, 5.41) is 7.11. The minimum atomic E-state index is -0.398. The van der Waals surface area contributed by atoms with E-state index in [0.717, 1.165) is 5.56 Å². The second kappa shape index (κ2) is 9.63. The first-order valence-corrected chi connectivity index (χ1v) is 8.57. The van der Waals surface area contributed by atoms with Crippen LogP contribution in [0.5, 0.6) is 5.75 Å². The van der Waals surface area contributed by atoms with Gasteiger partial charge in [-0.25, -0.2) is 4.39 Å². The number of hydrazone groups is 1. The number of ether oxygens (including phenoxy) is 1. The molecular weight excluding hydrogens is 367 g/mol. The number of benzene rings is 2. The number of carbonyl (C=O) groups excluding carboxylic acids is 1. The standard InChI is InChI=1S/C19H21FN4O2S/c1-13(22-23-19(27)21-17-7-5-4-6-16(17)20)14-8-10-15(11-9-14)26-12-18(25)24(2)3/h4-11H,12H2,1-3H3,(H2,21,23,27)/b22-13-. The Morgan fingerprint density at radius 2 is 1.85 bits per heavy atom. The number of likely N-dealkylation sites (N-methyl/N-ethyl adjacent to an activating group) is 1. The largest absolute Gasteiger partial charge is 0.484 e. The van der Waals surface area contributed by atoms with Crippen LogP contribution in [0.2, 0.25) is 0 Å². The van der Waals surface area contributed by atoms with Gasteiger partial charge in [0.15, 0.2) is 11.7 Å². The van der Waals surface area contributed by atoms with Gasteiger partial charge in [-0.05, 0) is 61.1 Å². The first-order chi connectivity index (χ1) is 12.9. The van der Waals surface area contributed by atoms with Crippen molar-refractivity contribution in [2.75, 3.05) is 26.0 Å². The topological polar surface area (TPSA) is 66.0 Å². The van der Waals surface area contributed by atoms with Crippen molar-refractivity contribution in [2.45, 2.75) is 6.92 Å². The highest BCUT2D eigenvalue weighted by molar-refractivity contribution is 7.80. The first kappa shape index (κ1) is 20.3. The minimum absolute atomic E-state index is 0.0169. The predicted octanol–water partition coefficient (Wildman–Crippen LogP) is 3.00. The highest BCUT2D eigenvalue weighted by atomic mass is 32.1. The number of amides is 1. The van der Waals surface area contributed by atoms with Crippen molar-refractivity contribution in [2.24, 2.45) is 5.10 Å². The summed E-state index contributed by atoms with van der Waals surface area (Å²) in [6.07, 6.45) is 0. The lowest BCUT2D eigenvalue weighted by Crippen LogP contribution is -2.27. The number of nitrogens with zero attached hydrogens (tertiary/aromatic N) is 2. The third kappa shape index (κ3) is 6.34. The molecule has 0 spiro atoms. The Bertz CT molecular complexity index is 838. The molecule has 0 aliphatic heterocycles. The predicted molar refractivity (Wildman–Crippen MR) is 109 cm³/mol. The van der Waals surface area contributed by atoms with Gasteiger partial charge in [-0.15, -0.1) is 0 Å². The second-order valence-corrected chi connectivity index (χ2v) is 6.25. The molecule has 1 amide bonds. The van der Waals surface area contributed by atoms with Gasteiger partial charge in [0, 0.05) is 14.1 Å². The van der Waals surface area contributed by atoms with E-state index in [1.54, 1.807) is 44.4 Å². The summed E-state index contributed by atoms with van der Waals surface area (Å²) in [6.45, 7) is 1.79. The van der Waals surface area contributed by atoms with Crippen LogP contribution in [0.15, 0.2) is 53.6 Å². The summed E-state index contributed by atoms with van der Waals surface area (Å²) in [7, 11) is 3.35. The number of para-hydroxylation sites is 1. The van der Waals surface area contributed by atoms with E-state index in [-0.39, 0.29) is 23.3 Å². The van der Waals surface area contributed by atoms with Crippen molar-refractivity contribution in [1.82, 2.24) is 10.3 Å². The molecule has 0 aromatic heterocycles. The van der Waals surface area contributed by atoms with Gasteiger partial charge < -0.3 is 15.0 Å². The number of hydrogen-bond donors (Lipinski definition) is 2. The molecule has 0 aliphatic carbocycles. The van der Waals surface area contributed by atoms with Crippen molar-refractivity contribution in [3.05, 3.63) is 59.9 Å². The van der Waals surface area contributed by atoms with Crippen LogP contribution in [-0.2, 0) is 4.79 Å². The number of thiocarbonyl (C=S) groups is 1. The lowest BCUT2D eigenvalue weighted by atomic mass is 10.1. The molecule has 27 heavy (non-hydrogen) atoms. The molecule has 0 saturated carbocycles. The maximum absolute atomic E-state index is 13.6. The molecule has 0 radical (unpaired) electrons. The van der Waals surface area contributed by atoms with Gasteiger partial charge in [-0.3, -0.25) is 10.2 Å². The summed E-state index contributed by atoms with van der Waals surface area (Å²) in [5.74, 6) is 0.0778. The van der Waals surface area contributed by atoms with Gasteiger partial charge in [0.1, 0.15) is 11.6 Å². The third-order valence-corrected chi connectivity index (χ3v) is 3.77. The molecule has 142 valence electrons. The van der Waals surface area contributed by atoms with E-state index in [0.29, 0.717) is 11.5 Å². The Balaban J connectivity index is 1.90. The fourth-order valence-electron chi connectivity index (χ4n) is 1.98. The molecular formula is C19H21FN4O2S. The maximum atomic E-state index is 13.6. The molecule has 0 bridgehead atoms. The van der Waals surface area contributed by atoms with Crippen LogP contribution in [0, 0.1) is 5.82 Å². The van der Waals surface area contributed by atoms with Crippen LogP contribution < -0.4 is 15.5 Å². The van der Waals surface area contributed by atoms with E-state index in [4.69, 9.17) is 17.0 Å². The molecule has 0 fully saturated rings. The maximum Gasteiger partial charge on any atom is 0.259 e. The Morgan fingerprint density at radius 3 is 2.48 bits per heavy atom. The Hall–Kier alpha value is -3.00. The first-order valence-electron chi connectivity index (χ1n) is 8.16. The van der Waals surface area contributed by atoms with E-state index in [1.807, 2.05) is 19.1 Å². The van der Waals surface area contributed by atoms with Crippen LogP contribution in [0.3, 0.4) is 0 Å². The number of nitrogens with one attached hydrogen (secondary N) is 2. The summed E-state index contributed by atoms with van der Waals surface area (Å²) in [5.41, 5.74) is 4.49. The van der Waals surface area contributed by atoms with Crippen molar-refractivity contribution < 1.29 is 13.9 Å². The van der Waals surface area contributed by atoms with Crippen LogP contribution in [0.1, 0.15) is 12.5 Å². The zero-order valence-corrected chi connectivity index (χ0v) is 16.1. The van der Waals surface area contributed by atoms with Crippen molar-refractivity contribution >= 4 is 34.6 Å². The summed E-state index contributed by atoms with van der Waals surface area (Å²) >= 11 is 5.11. The average Bonchev–Trinajstić information content (AvgIpc) is 2.66. The lowest BCUT2D eigenvalue weighted by Gasteiger charge is -2.11. The molecule has 0 aliphatic rings. The van der Waals surface area contributed by atoms with E-state index >= 15 is 0 Å².